The van der Waals surface area contributed by atoms with Crippen molar-refractivity contribution in [2.24, 2.45) is 11.8 Å². The second kappa shape index (κ2) is 4.44. The normalized spacial score (nSPS) is 18.5. The van der Waals surface area contributed by atoms with Crippen molar-refractivity contribution in [2.75, 3.05) is 0 Å². The van der Waals surface area contributed by atoms with Gasteiger partial charge in [-0.2, -0.15) is 5.26 Å². The number of Topliss-reactive ketones (excluding diaryl/α,β-unsaturated/α-hetero) is 1. The van der Waals surface area contributed by atoms with E-state index in [-0.39, 0.29) is 11.7 Å². The van der Waals surface area contributed by atoms with Crippen LogP contribution in [0.1, 0.15) is 31.4 Å². The molecule has 0 bridgehead atoms. The molecule has 1 aromatic rings. The molecule has 1 aliphatic carbocycles. The van der Waals surface area contributed by atoms with E-state index >= 15 is 0 Å². The molecule has 0 amide bonds. The van der Waals surface area contributed by atoms with Crippen molar-refractivity contribution in [3.05, 3.63) is 30.1 Å². The highest BCUT2D eigenvalue weighted by atomic mass is 16.1. The fourth-order valence-electron chi connectivity index (χ4n) is 1.91. The quantitative estimate of drug-likeness (QED) is 0.772. The maximum atomic E-state index is 12.1. The van der Waals surface area contributed by atoms with Gasteiger partial charge in [0.2, 0.25) is 0 Å². The molecule has 0 spiro atoms. The molecular weight excluding hydrogens is 200 g/mol. The molecule has 16 heavy (non-hydrogen) atoms. The second-order valence-electron chi connectivity index (χ2n) is 4.35. The van der Waals surface area contributed by atoms with Crippen LogP contribution in [0.3, 0.4) is 0 Å². The van der Waals surface area contributed by atoms with Gasteiger partial charge in [-0.15, -0.1) is 0 Å². The summed E-state index contributed by atoms with van der Waals surface area (Å²) in [4.78, 5) is 16.2. The van der Waals surface area contributed by atoms with E-state index < -0.39 is 5.92 Å². The summed E-state index contributed by atoms with van der Waals surface area (Å²) < 4.78 is 0. The summed E-state index contributed by atoms with van der Waals surface area (Å²) >= 11 is 0. The minimum atomic E-state index is -0.697. The Balaban J connectivity index is 2.17. The molecule has 1 aliphatic rings. The topological polar surface area (TPSA) is 53.8 Å². The first kappa shape index (κ1) is 10.8. The first-order valence-corrected chi connectivity index (χ1v) is 5.58. The number of nitrogens with zero attached hydrogens (tertiary/aromatic N) is 2. The van der Waals surface area contributed by atoms with Crippen LogP contribution in [0.5, 0.6) is 0 Å². The fourth-order valence-corrected chi connectivity index (χ4v) is 1.91. The smallest absolute Gasteiger partial charge is 0.159 e. The van der Waals surface area contributed by atoms with Gasteiger partial charge in [0, 0.05) is 12.1 Å². The predicted molar refractivity (Wildman–Crippen MR) is 59.5 cm³/mol. The summed E-state index contributed by atoms with van der Waals surface area (Å²) in [5, 5.41) is 9.09. The lowest BCUT2D eigenvalue weighted by atomic mass is 9.89. The highest BCUT2D eigenvalue weighted by molar-refractivity contribution is 5.90. The van der Waals surface area contributed by atoms with Crippen molar-refractivity contribution >= 4 is 5.78 Å². The van der Waals surface area contributed by atoms with Gasteiger partial charge in [-0.1, -0.05) is 13.0 Å². The Morgan fingerprint density at radius 2 is 2.31 bits per heavy atom. The molecule has 2 rings (SSSR count). The van der Waals surface area contributed by atoms with Gasteiger partial charge >= 0.3 is 0 Å². The van der Waals surface area contributed by atoms with Crippen LogP contribution in [-0.4, -0.2) is 10.8 Å². The zero-order valence-electron chi connectivity index (χ0n) is 9.26. The number of pyridine rings is 1. The summed E-state index contributed by atoms with van der Waals surface area (Å²) in [6.07, 6.45) is 3.86. The van der Waals surface area contributed by atoms with Crippen molar-refractivity contribution in [3.8, 4) is 6.07 Å². The van der Waals surface area contributed by atoms with E-state index in [9.17, 15) is 4.79 Å². The number of hydrogen-bond acceptors (Lipinski definition) is 3. The molecule has 1 aromatic heterocycles. The lowest BCUT2D eigenvalue weighted by molar-refractivity contribution is -0.123. The first-order chi connectivity index (χ1) is 7.74. The van der Waals surface area contributed by atoms with E-state index in [1.165, 1.54) is 0 Å². The zero-order valence-corrected chi connectivity index (χ0v) is 9.26. The Labute approximate surface area is 95.1 Å². The summed E-state index contributed by atoms with van der Waals surface area (Å²) in [5.41, 5.74) is 0.572. The van der Waals surface area contributed by atoms with Crippen LogP contribution in [0.15, 0.2) is 24.4 Å². The fraction of sp³-hybridized carbons (Fsp3) is 0.462. The molecule has 1 fully saturated rings. The van der Waals surface area contributed by atoms with Crippen LogP contribution in [-0.2, 0) is 4.79 Å². The minimum Gasteiger partial charge on any atom is -0.297 e. The van der Waals surface area contributed by atoms with Gasteiger partial charge in [0.25, 0.3) is 0 Å². The van der Waals surface area contributed by atoms with Crippen molar-refractivity contribution in [3.63, 3.8) is 0 Å². The number of carbonyl (C=O) groups excluding carboxylic acids is 1. The van der Waals surface area contributed by atoms with E-state index in [1.54, 1.807) is 18.3 Å². The number of nitriles is 1. The zero-order chi connectivity index (χ0) is 11.5. The summed E-state index contributed by atoms with van der Waals surface area (Å²) in [6, 6.07) is 7.40. The molecule has 0 aliphatic heterocycles. The minimum absolute atomic E-state index is 0.00773. The van der Waals surface area contributed by atoms with E-state index in [0.717, 1.165) is 12.8 Å². The lowest BCUT2D eigenvalue weighted by Gasteiger charge is -2.12. The molecule has 0 N–H and O–H groups in total. The maximum Gasteiger partial charge on any atom is 0.159 e. The van der Waals surface area contributed by atoms with Gasteiger partial charge in [0.1, 0.15) is 5.92 Å². The van der Waals surface area contributed by atoms with Crippen LogP contribution < -0.4 is 0 Å². The molecule has 2 unspecified atom stereocenters. The lowest BCUT2D eigenvalue weighted by Crippen LogP contribution is -2.21. The molecular formula is C13H14N2O. The van der Waals surface area contributed by atoms with E-state index in [2.05, 4.69) is 11.1 Å². The second-order valence-corrected chi connectivity index (χ2v) is 4.35. The van der Waals surface area contributed by atoms with E-state index in [4.69, 9.17) is 5.26 Å². The highest BCUT2D eigenvalue weighted by Gasteiger charge is 2.36. The Morgan fingerprint density at radius 3 is 2.81 bits per heavy atom. The van der Waals surface area contributed by atoms with Crippen molar-refractivity contribution in [1.29, 1.82) is 5.26 Å². The highest BCUT2D eigenvalue weighted by Crippen LogP contribution is 2.39. The van der Waals surface area contributed by atoms with Gasteiger partial charge in [-0.25, -0.2) is 0 Å². The predicted octanol–water partition coefficient (Wildman–Crippen LogP) is 2.30. The Kier molecular flexibility index (Phi) is 3.00. The first-order valence-electron chi connectivity index (χ1n) is 5.58. The van der Waals surface area contributed by atoms with Crippen LogP contribution in [0.2, 0.25) is 0 Å². The summed E-state index contributed by atoms with van der Waals surface area (Å²) in [5.74, 6) is -0.195. The van der Waals surface area contributed by atoms with Gasteiger partial charge in [0.05, 0.1) is 11.8 Å². The molecule has 1 heterocycles. The number of ketones is 1. The SMILES string of the molecule is CC(C(=O)C(C#N)c1ccccn1)C1CC1. The third kappa shape index (κ3) is 2.11. The third-order valence-electron chi connectivity index (χ3n) is 3.18. The molecule has 3 nitrogen and oxygen atoms in total. The maximum absolute atomic E-state index is 12.1. The molecule has 82 valence electrons. The van der Waals surface area contributed by atoms with Gasteiger partial charge in [-0.3, -0.25) is 9.78 Å². The average molecular weight is 214 g/mol. The van der Waals surface area contributed by atoms with Crippen molar-refractivity contribution < 1.29 is 4.79 Å². The molecule has 0 saturated heterocycles. The largest absolute Gasteiger partial charge is 0.297 e. The van der Waals surface area contributed by atoms with Crippen LogP contribution in [0.4, 0.5) is 0 Å². The molecule has 0 aromatic carbocycles. The molecule has 0 radical (unpaired) electrons. The third-order valence-corrected chi connectivity index (χ3v) is 3.18. The Morgan fingerprint density at radius 1 is 1.56 bits per heavy atom. The molecule has 3 heteroatoms. The van der Waals surface area contributed by atoms with E-state index in [0.29, 0.717) is 11.6 Å². The summed E-state index contributed by atoms with van der Waals surface area (Å²) in [7, 11) is 0. The van der Waals surface area contributed by atoms with Crippen LogP contribution in [0, 0.1) is 23.2 Å². The van der Waals surface area contributed by atoms with Crippen LogP contribution >= 0.6 is 0 Å². The van der Waals surface area contributed by atoms with Crippen molar-refractivity contribution in [2.45, 2.75) is 25.7 Å². The number of hydrogen-bond donors (Lipinski definition) is 0. The van der Waals surface area contributed by atoms with Crippen molar-refractivity contribution in [1.82, 2.24) is 4.98 Å². The average Bonchev–Trinajstić information content (AvgIpc) is 3.14. The van der Waals surface area contributed by atoms with Gasteiger partial charge in [-0.05, 0) is 30.9 Å². The monoisotopic (exact) mass is 214 g/mol. The Hall–Kier alpha value is -1.69. The standard InChI is InChI=1S/C13H14N2O/c1-9(10-5-6-10)13(16)11(8-14)12-4-2-3-7-15-12/h2-4,7,9-11H,5-6H2,1H3. The molecule has 1 saturated carbocycles. The van der Waals surface area contributed by atoms with E-state index in [1.807, 2.05) is 13.0 Å². The number of carbonyl (C=O) groups is 1. The summed E-state index contributed by atoms with van der Waals surface area (Å²) in [6.45, 7) is 1.92. The molecule has 2 atom stereocenters. The number of aromatic nitrogens is 1. The van der Waals surface area contributed by atoms with Crippen LogP contribution in [0.25, 0.3) is 0 Å². The number of rotatable bonds is 4. The Bertz CT molecular complexity index is 417. The van der Waals surface area contributed by atoms with Gasteiger partial charge < -0.3 is 0 Å². The van der Waals surface area contributed by atoms with Gasteiger partial charge in [0.15, 0.2) is 5.78 Å².